The molecule has 7 nitrogen and oxygen atoms in total. The van der Waals surface area contributed by atoms with Crippen LogP contribution in [0, 0.1) is 6.92 Å². The predicted octanol–water partition coefficient (Wildman–Crippen LogP) is 1.66. The van der Waals surface area contributed by atoms with Crippen LogP contribution in [0.5, 0.6) is 0 Å². The van der Waals surface area contributed by atoms with E-state index >= 15 is 0 Å². The highest BCUT2D eigenvalue weighted by molar-refractivity contribution is 7.91. The zero-order chi connectivity index (χ0) is 18.9. The van der Waals surface area contributed by atoms with Crippen molar-refractivity contribution in [3.63, 3.8) is 0 Å². The van der Waals surface area contributed by atoms with Crippen LogP contribution in [0.3, 0.4) is 0 Å². The fourth-order valence-corrected chi connectivity index (χ4v) is 5.07. The largest absolute Gasteiger partial charge is 0.320 e. The van der Waals surface area contributed by atoms with Gasteiger partial charge in [-0.15, -0.1) is 0 Å². The van der Waals surface area contributed by atoms with Gasteiger partial charge >= 0.3 is 0 Å². The van der Waals surface area contributed by atoms with E-state index in [1.165, 1.54) is 5.01 Å². The van der Waals surface area contributed by atoms with Gasteiger partial charge in [0.05, 0.1) is 17.5 Å². The van der Waals surface area contributed by atoms with Gasteiger partial charge in [0.1, 0.15) is 5.71 Å². The molecule has 2 aliphatic heterocycles. The van der Waals surface area contributed by atoms with Crippen LogP contribution in [0.25, 0.3) is 0 Å². The Morgan fingerprint density at radius 1 is 1.35 bits per heavy atom. The molecule has 1 atom stereocenters. The molecule has 0 spiro atoms. The number of carbonyl (C=O) groups excluding carboxylic acids is 2. The molecule has 1 aromatic rings. The highest BCUT2D eigenvalue weighted by Crippen LogP contribution is 2.24. The fourth-order valence-electron chi connectivity index (χ4n) is 3.38. The van der Waals surface area contributed by atoms with Crippen LogP contribution in [-0.4, -0.2) is 48.5 Å². The van der Waals surface area contributed by atoms with E-state index in [1.54, 1.807) is 0 Å². The lowest BCUT2D eigenvalue weighted by molar-refractivity contribution is -0.133. The summed E-state index contributed by atoms with van der Waals surface area (Å²) in [6.07, 6.45) is 1.57. The van der Waals surface area contributed by atoms with Crippen LogP contribution in [-0.2, 0) is 25.8 Å². The smallest absolute Gasteiger partial charge is 0.271 e. The Kier molecular flexibility index (Phi) is 5.13. The van der Waals surface area contributed by atoms with Crippen molar-refractivity contribution in [3.05, 3.63) is 29.3 Å². The van der Waals surface area contributed by atoms with Gasteiger partial charge in [-0.05, 0) is 30.9 Å². The molecule has 3 rings (SSSR count). The summed E-state index contributed by atoms with van der Waals surface area (Å²) in [7, 11) is -3.13. The second-order valence-corrected chi connectivity index (χ2v) is 8.99. The first-order valence-corrected chi connectivity index (χ1v) is 10.6. The SMILES string of the molecule is CCc1cccc(C)c1NC(=O)C1=NN([C@H]2CCS(=O)(=O)C2)C(=O)CC1. The minimum absolute atomic E-state index is 0.0571. The number of carbonyl (C=O) groups is 2. The van der Waals surface area contributed by atoms with Crippen molar-refractivity contribution in [2.24, 2.45) is 5.10 Å². The molecule has 140 valence electrons. The number of nitrogens with one attached hydrogen (secondary N) is 1. The van der Waals surface area contributed by atoms with Gasteiger partial charge in [-0.2, -0.15) is 5.10 Å². The molecule has 1 aromatic carbocycles. The Bertz CT molecular complexity index is 876. The molecule has 1 N–H and O–H groups in total. The van der Waals surface area contributed by atoms with Crippen LogP contribution in [0.15, 0.2) is 23.3 Å². The van der Waals surface area contributed by atoms with Crippen molar-refractivity contribution >= 4 is 33.1 Å². The summed E-state index contributed by atoms with van der Waals surface area (Å²) in [5, 5.41) is 8.34. The van der Waals surface area contributed by atoms with Crippen LogP contribution in [0.1, 0.15) is 37.3 Å². The molecule has 8 heteroatoms. The van der Waals surface area contributed by atoms with E-state index in [2.05, 4.69) is 10.4 Å². The molecular weight excluding hydrogens is 354 g/mol. The third-order valence-corrected chi connectivity index (χ3v) is 6.60. The standard InChI is InChI=1S/C18H23N3O4S/c1-3-13-6-4-5-12(2)17(13)19-18(23)15-7-8-16(22)21(20-15)14-9-10-26(24,25)11-14/h4-6,14H,3,7-11H2,1-2H3,(H,19,23)/t14-/m0/s1. The van der Waals surface area contributed by atoms with Crippen LogP contribution >= 0.6 is 0 Å². The maximum absolute atomic E-state index is 12.7. The molecular formula is C18H23N3O4S. The zero-order valence-corrected chi connectivity index (χ0v) is 15.8. The van der Waals surface area contributed by atoms with Crippen molar-refractivity contribution < 1.29 is 18.0 Å². The number of aryl methyl sites for hydroxylation is 2. The first-order valence-electron chi connectivity index (χ1n) is 8.80. The summed E-state index contributed by atoms with van der Waals surface area (Å²) in [5.74, 6) is -0.600. The molecule has 2 heterocycles. The number of benzene rings is 1. The van der Waals surface area contributed by atoms with Gasteiger partial charge in [-0.25, -0.2) is 13.4 Å². The molecule has 0 saturated carbocycles. The lowest BCUT2D eigenvalue weighted by Crippen LogP contribution is -2.42. The Morgan fingerprint density at radius 3 is 2.77 bits per heavy atom. The molecule has 26 heavy (non-hydrogen) atoms. The Hall–Kier alpha value is -2.22. The summed E-state index contributed by atoms with van der Waals surface area (Å²) >= 11 is 0. The zero-order valence-electron chi connectivity index (χ0n) is 15.0. The second-order valence-electron chi connectivity index (χ2n) is 6.76. The number of rotatable bonds is 4. The molecule has 1 fully saturated rings. The molecule has 0 bridgehead atoms. The van der Waals surface area contributed by atoms with Gasteiger partial charge in [0.25, 0.3) is 5.91 Å². The lowest BCUT2D eigenvalue weighted by atomic mass is 10.0. The lowest BCUT2D eigenvalue weighted by Gasteiger charge is -2.27. The average molecular weight is 377 g/mol. The summed E-state index contributed by atoms with van der Waals surface area (Å²) in [5.41, 5.74) is 3.03. The third kappa shape index (κ3) is 3.80. The van der Waals surface area contributed by atoms with Crippen molar-refractivity contribution in [2.75, 3.05) is 16.8 Å². The minimum atomic E-state index is -3.13. The molecule has 0 unspecified atom stereocenters. The first kappa shape index (κ1) is 18.6. The quantitative estimate of drug-likeness (QED) is 0.863. The van der Waals surface area contributed by atoms with Gasteiger partial charge in [0, 0.05) is 18.5 Å². The number of hydrazone groups is 1. The van der Waals surface area contributed by atoms with E-state index in [0.717, 1.165) is 23.2 Å². The van der Waals surface area contributed by atoms with Gasteiger partial charge in [0.15, 0.2) is 9.84 Å². The van der Waals surface area contributed by atoms with Gasteiger partial charge in [-0.3, -0.25) is 9.59 Å². The summed E-state index contributed by atoms with van der Waals surface area (Å²) in [6.45, 7) is 3.94. The van der Waals surface area contributed by atoms with Crippen molar-refractivity contribution in [2.45, 2.75) is 45.6 Å². The number of amides is 2. The average Bonchev–Trinajstić information content (AvgIpc) is 2.96. The van der Waals surface area contributed by atoms with E-state index in [1.807, 2.05) is 32.0 Å². The number of nitrogens with zero attached hydrogens (tertiary/aromatic N) is 2. The minimum Gasteiger partial charge on any atom is -0.320 e. The Balaban J connectivity index is 1.81. The number of para-hydroxylation sites is 1. The topological polar surface area (TPSA) is 95.9 Å². The van der Waals surface area contributed by atoms with Crippen molar-refractivity contribution in [3.8, 4) is 0 Å². The second kappa shape index (κ2) is 7.19. The fraction of sp³-hybridized carbons (Fsp3) is 0.500. The van der Waals surface area contributed by atoms with Crippen LogP contribution in [0.4, 0.5) is 5.69 Å². The van der Waals surface area contributed by atoms with E-state index in [9.17, 15) is 18.0 Å². The summed E-state index contributed by atoms with van der Waals surface area (Å²) < 4.78 is 23.4. The maximum atomic E-state index is 12.7. The van der Waals surface area contributed by atoms with Crippen molar-refractivity contribution in [1.82, 2.24) is 5.01 Å². The monoisotopic (exact) mass is 377 g/mol. The van der Waals surface area contributed by atoms with Crippen LogP contribution in [0.2, 0.25) is 0 Å². The highest BCUT2D eigenvalue weighted by Gasteiger charge is 2.37. The number of hydrogen-bond donors (Lipinski definition) is 1. The summed E-state index contributed by atoms with van der Waals surface area (Å²) in [6, 6.07) is 5.37. The Morgan fingerprint density at radius 2 is 2.12 bits per heavy atom. The summed E-state index contributed by atoms with van der Waals surface area (Å²) in [4.78, 5) is 24.8. The van der Waals surface area contributed by atoms with E-state index in [4.69, 9.17) is 0 Å². The molecule has 1 saturated heterocycles. The molecule has 0 aliphatic carbocycles. The van der Waals surface area contributed by atoms with Crippen molar-refractivity contribution in [1.29, 1.82) is 0 Å². The maximum Gasteiger partial charge on any atom is 0.271 e. The number of hydrogen-bond acceptors (Lipinski definition) is 5. The van der Waals surface area contributed by atoms with Crippen LogP contribution < -0.4 is 5.32 Å². The van der Waals surface area contributed by atoms with E-state index in [0.29, 0.717) is 6.42 Å². The number of anilines is 1. The molecule has 2 aliphatic rings. The van der Waals surface area contributed by atoms with Gasteiger partial charge in [-0.1, -0.05) is 25.1 Å². The van der Waals surface area contributed by atoms with E-state index < -0.39 is 15.9 Å². The molecule has 0 radical (unpaired) electrons. The van der Waals surface area contributed by atoms with Gasteiger partial charge in [0.2, 0.25) is 5.91 Å². The highest BCUT2D eigenvalue weighted by atomic mass is 32.2. The predicted molar refractivity (Wildman–Crippen MR) is 99.8 cm³/mol. The van der Waals surface area contributed by atoms with Gasteiger partial charge < -0.3 is 5.32 Å². The molecule has 2 amide bonds. The van der Waals surface area contributed by atoms with E-state index in [-0.39, 0.29) is 41.9 Å². The normalized spacial score (nSPS) is 22.2. The first-order chi connectivity index (χ1) is 12.3. The number of sulfone groups is 1. The third-order valence-electron chi connectivity index (χ3n) is 4.85. The Labute approximate surface area is 153 Å². The molecule has 0 aromatic heterocycles.